The molecule has 2 aliphatic carbocycles. The first kappa shape index (κ1) is 39.0. The van der Waals surface area contributed by atoms with E-state index in [1.807, 2.05) is 50.2 Å². The summed E-state index contributed by atoms with van der Waals surface area (Å²) in [6, 6.07) is 15.1. The number of benzene rings is 2. The van der Waals surface area contributed by atoms with Crippen molar-refractivity contribution in [3.8, 4) is 11.1 Å². The number of alkyl halides is 6. The first-order chi connectivity index (χ1) is 23.6. The standard InChI is InChI=1S/C17H18F3N3.C10H11BrF3N3.C7H9BO2/c1-11-6-8-12(9-7-11)14-10-21-16(17(18,19)20)23-15(14)22-13-4-2-3-5-13;11-7-5-15-9(10(12,13)14)17-8(7)16-6-3-1-2-4-6;1-6-2-4-7(5-3-6)8(9)10/h6-10,13H,2-5H2,1H3,(H,21,22,23);5-6H,1-4H2,(H,15,16,17);2-5,9-10H,1H3. The number of aryl methyl sites for hydroxylation is 2. The summed E-state index contributed by atoms with van der Waals surface area (Å²) in [5, 5.41) is 23.5. The van der Waals surface area contributed by atoms with Crippen LogP contribution in [-0.4, -0.2) is 49.2 Å². The van der Waals surface area contributed by atoms with Crippen LogP contribution in [0.1, 0.15) is 74.1 Å². The van der Waals surface area contributed by atoms with E-state index in [0.717, 1.165) is 74.3 Å². The SMILES string of the molecule is Cc1ccc(-c2cnc(C(F)(F)F)nc2NC2CCCC2)cc1.Cc1ccc(B(O)O)cc1.FC(F)(F)c1ncc(Br)c(NC2CCCC2)n1. The molecular formula is C34H38BBrF6N6O2. The Kier molecular flexibility index (Phi) is 13.6. The van der Waals surface area contributed by atoms with Crippen molar-refractivity contribution in [1.29, 1.82) is 0 Å². The Bertz CT molecular complexity index is 1670. The molecule has 0 atom stereocenters. The fraction of sp³-hybridized carbons (Fsp3) is 0.412. The average Bonchev–Trinajstić information content (AvgIpc) is 3.77. The molecule has 8 nitrogen and oxygen atoms in total. The number of anilines is 2. The number of nitrogens with one attached hydrogen (secondary N) is 2. The molecule has 2 heterocycles. The van der Waals surface area contributed by atoms with E-state index >= 15 is 0 Å². The first-order valence-corrected chi connectivity index (χ1v) is 17.0. The summed E-state index contributed by atoms with van der Waals surface area (Å²) in [5.74, 6) is -1.72. The van der Waals surface area contributed by atoms with Gasteiger partial charge in [0.25, 0.3) is 0 Å². The maximum absolute atomic E-state index is 12.9. The summed E-state index contributed by atoms with van der Waals surface area (Å²) < 4.78 is 76.5. The molecule has 50 heavy (non-hydrogen) atoms. The van der Waals surface area contributed by atoms with Gasteiger partial charge in [-0.15, -0.1) is 0 Å². The normalized spacial score (nSPS) is 15.1. The van der Waals surface area contributed by atoms with E-state index in [9.17, 15) is 26.3 Å². The fourth-order valence-corrected chi connectivity index (χ4v) is 5.75. The zero-order chi connectivity index (χ0) is 36.5. The molecule has 268 valence electrons. The second-order valence-electron chi connectivity index (χ2n) is 12.2. The lowest BCUT2D eigenvalue weighted by molar-refractivity contribution is -0.145. The Hall–Kier alpha value is -3.76. The number of rotatable bonds is 6. The predicted octanol–water partition coefficient (Wildman–Crippen LogP) is 8.11. The van der Waals surface area contributed by atoms with Crippen LogP contribution in [0.3, 0.4) is 0 Å². The lowest BCUT2D eigenvalue weighted by atomic mass is 9.80. The third-order valence-electron chi connectivity index (χ3n) is 8.17. The van der Waals surface area contributed by atoms with Gasteiger partial charge in [0.1, 0.15) is 11.6 Å². The summed E-state index contributed by atoms with van der Waals surface area (Å²) in [6.45, 7) is 3.91. The molecule has 2 fully saturated rings. The summed E-state index contributed by atoms with van der Waals surface area (Å²) in [7, 11) is -1.35. The van der Waals surface area contributed by atoms with Gasteiger partial charge in [0.2, 0.25) is 11.6 Å². The highest BCUT2D eigenvalue weighted by Gasteiger charge is 2.36. The van der Waals surface area contributed by atoms with E-state index in [1.54, 1.807) is 12.1 Å². The van der Waals surface area contributed by atoms with E-state index < -0.39 is 31.1 Å². The molecule has 16 heteroatoms. The third-order valence-corrected chi connectivity index (χ3v) is 8.75. The molecule has 0 bridgehead atoms. The molecule has 0 radical (unpaired) electrons. The molecule has 4 aromatic rings. The monoisotopic (exact) mass is 766 g/mol. The van der Waals surface area contributed by atoms with Crippen molar-refractivity contribution < 1.29 is 36.4 Å². The lowest BCUT2D eigenvalue weighted by Gasteiger charge is -2.17. The van der Waals surface area contributed by atoms with Crippen LogP contribution < -0.4 is 16.1 Å². The Balaban J connectivity index is 0.000000182. The van der Waals surface area contributed by atoms with Crippen LogP contribution in [0.4, 0.5) is 38.0 Å². The van der Waals surface area contributed by atoms with Gasteiger partial charge in [-0.25, -0.2) is 19.9 Å². The van der Waals surface area contributed by atoms with E-state index in [-0.39, 0.29) is 23.7 Å². The highest BCUT2D eigenvalue weighted by atomic mass is 79.9. The Morgan fingerprint density at radius 3 is 1.54 bits per heavy atom. The molecule has 2 aromatic heterocycles. The molecule has 0 saturated heterocycles. The maximum atomic E-state index is 12.9. The molecular weight excluding hydrogens is 729 g/mol. The van der Waals surface area contributed by atoms with Crippen LogP contribution in [0.15, 0.2) is 65.4 Å². The van der Waals surface area contributed by atoms with Crippen LogP contribution in [0.25, 0.3) is 11.1 Å². The molecule has 4 N–H and O–H groups in total. The first-order valence-electron chi connectivity index (χ1n) is 16.2. The quantitative estimate of drug-likeness (QED) is 0.115. The van der Waals surface area contributed by atoms with Gasteiger partial charge in [0, 0.05) is 30.0 Å². The van der Waals surface area contributed by atoms with Crippen LogP contribution in [0.2, 0.25) is 0 Å². The summed E-state index contributed by atoms with van der Waals surface area (Å²) in [6.07, 6.45) is 1.59. The Labute approximate surface area is 295 Å². The van der Waals surface area contributed by atoms with Gasteiger partial charge in [0.15, 0.2) is 0 Å². The van der Waals surface area contributed by atoms with Gasteiger partial charge in [-0.1, -0.05) is 85.3 Å². The molecule has 2 aliphatic rings. The second-order valence-corrected chi connectivity index (χ2v) is 13.1. The van der Waals surface area contributed by atoms with Crippen molar-refractivity contribution >= 4 is 40.1 Å². The smallest absolute Gasteiger partial charge is 0.423 e. The van der Waals surface area contributed by atoms with Crippen molar-refractivity contribution in [2.75, 3.05) is 10.6 Å². The van der Waals surface area contributed by atoms with E-state index in [1.165, 1.54) is 6.20 Å². The minimum atomic E-state index is -4.54. The van der Waals surface area contributed by atoms with Crippen molar-refractivity contribution in [1.82, 2.24) is 19.9 Å². The molecule has 0 unspecified atom stereocenters. The van der Waals surface area contributed by atoms with Gasteiger partial charge >= 0.3 is 19.5 Å². The summed E-state index contributed by atoms with van der Waals surface area (Å²) in [4.78, 5) is 14.0. The lowest BCUT2D eigenvalue weighted by Crippen LogP contribution is -2.29. The largest absolute Gasteiger partial charge is 0.488 e. The van der Waals surface area contributed by atoms with Gasteiger partial charge in [-0.2, -0.15) is 26.3 Å². The van der Waals surface area contributed by atoms with Crippen molar-refractivity contribution in [2.45, 2.75) is 89.7 Å². The Morgan fingerprint density at radius 2 is 1.08 bits per heavy atom. The van der Waals surface area contributed by atoms with Crippen LogP contribution in [0.5, 0.6) is 0 Å². The van der Waals surface area contributed by atoms with Gasteiger partial charge in [-0.3, -0.25) is 0 Å². The molecule has 2 aromatic carbocycles. The van der Waals surface area contributed by atoms with E-state index in [2.05, 4.69) is 46.5 Å². The second kappa shape index (κ2) is 17.4. The highest BCUT2D eigenvalue weighted by Crippen LogP contribution is 2.34. The van der Waals surface area contributed by atoms with Crippen LogP contribution in [0, 0.1) is 13.8 Å². The van der Waals surface area contributed by atoms with Crippen LogP contribution >= 0.6 is 15.9 Å². The number of hydrogen-bond donors (Lipinski definition) is 4. The zero-order valence-corrected chi connectivity index (χ0v) is 29.1. The number of hydrogen-bond acceptors (Lipinski definition) is 8. The van der Waals surface area contributed by atoms with Crippen molar-refractivity contribution in [3.05, 3.63) is 88.2 Å². The van der Waals surface area contributed by atoms with Crippen LogP contribution in [-0.2, 0) is 12.4 Å². The van der Waals surface area contributed by atoms with Gasteiger partial charge < -0.3 is 20.7 Å². The summed E-state index contributed by atoms with van der Waals surface area (Å²) >= 11 is 3.15. The zero-order valence-electron chi connectivity index (χ0n) is 27.5. The maximum Gasteiger partial charge on any atom is 0.488 e. The predicted molar refractivity (Wildman–Crippen MR) is 185 cm³/mol. The van der Waals surface area contributed by atoms with E-state index in [0.29, 0.717) is 15.5 Å². The number of aromatic nitrogens is 4. The number of nitrogens with zero attached hydrogens (tertiary/aromatic N) is 4. The molecule has 2 saturated carbocycles. The molecule has 0 spiro atoms. The number of halogens is 7. The fourth-order valence-electron chi connectivity index (χ4n) is 5.44. The van der Waals surface area contributed by atoms with Gasteiger partial charge in [0.05, 0.1) is 4.47 Å². The van der Waals surface area contributed by atoms with E-state index in [4.69, 9.17) is 10.0 Å². The minimum absolute atomic E-state index is 0.176. The molecule has 0 amide bonds. The van der Waals surface area contributed by atoms with Crippen molar-refractivity contribution in [3.63, 3.8) is 0 Å². The average molecular weight is 767 g/mol. The Morgan fingerprint density at radius 1 is 0.660 bits per heavy atom. The third kappa shape index (κ3) is 11.7. The molecule has 6 rings (SSSR count). The minimum Gasteiger partial charge on any atom is -0.423 e. The molecule has 0 aliphatic heterocycles. The van der Waals surface area contributed by atoms with Gasteiger partial charge in [-0.05, 0) is 66.5 Å². The summed E-state index contributed by atoms with van der Waals surface area (Å²) in [5.41, 5.74) is 4.15. The highest BCUT2D eigenvalue weighted by molar-refractivity contribution is 9.10. The topological polar surface area (TPSA) is 116 Å². The van der Waals surface area contributed by atoms with Crippen molar-refractivity contribution in [2.24, 2.45) is 0 Å².